The van der Waals surface area contributed by atoms with Crippen molar-refractivity contribution in [1.29, 1.82) is 0 Å². The SMILES string of the molecule is CC1(C)CCCC2(C)C1CCC1(C)C3CCC4(O)CCCC4C3CCC12. The number of hydrogen-bond donors (Lipinski definition) is 1. The van der Waals surface area contributed by atoms with E-state index in [1.807, 2.05) is 0 Å². The minimum Gasteiger partial charge on any atom is -0.390 e. The average molecular weight is 359 g/mol. The normalized spacial score (nSPS) is 58.3. The van der Waals surface area contributed by atoms with E-state index in [0.717, 1.165) is 36.5 Å². The average Bonchev–Trinajstić information content (AvgIpc) is 2.95. The van der Waals surface area contributed by atoms with E-state index < -0.39 is 0 Å². The topological polar surface area (TPSA) is 20.2 Å². The lowest BCUT2D eigenvalue weighted by Gasteiger charge is -2.68. The molecule has 0 aliphatic heterocycles. The highest BCUT2D eigenvalue weighted by atomic mass is 16.3. The van der Waals surface area contributed by atoms with Gasteiger partial charge in [-0.1, -0.05) is 40.5 Å². The molecular formula is C25H42O. The summed E-state index contributed by atoms with van der Waals surface area (Å²) in [5, 5.41) is 11.2. The van der Waals surface area contributed by atoms with Gasteiger partial charge in [0.05, 0.1) is 5.60 Å². The zero-order chi connectivity index (χ0) is 18.4. The highest BCUT2D eigenvalue weighted by molar-refractivity contribution is 5.14. The lowest BCUT2D eigenvalue weighted by atomic mass is 9.37. The number of rotatable bonds is 0. The maximum atomic E-state index is 11.2. The van der Waals surface area contributed by atoms with Crippen LogP contribution in [0.1, 0.15) is 105 Å². The highest BCUT2D eigenvalue weighted by Gasteiger charge is 2.64. The van der Waals surface area contributed by atoms with E-state index in [-0.39, 0.29) is 5.60 Å². The summed E-state index contributed by atoms with van der Waals surface area (Å²) in [6, 6.07) is 0. The Hall–Kier alpha value is -0.0400. The van der Waals surface area contributed by atoms with Crippen molar-refractivity contribution in [2.75, 3.05) is 0 Å². The molecule has 148 valence electrons. The molecule has 5 rings (SSSR count). The van der Waals surface area contributed by atoms with Crippen LogP contribution in [0.2, 0.25) is 0 Å². The second-order valence-corrected chi connectivity index (χ2v) is 12.5. The van der Waals surface area contributed by atoms with Crippen molar-refractivity contribution in [1.82, 2.24) is 0 Å². The van der Waals surface area contributed by atoms with E-state index in [0.29, 0.717) is 22.2 Å². The molecule has 0 heterocycles. The van der Waals surface area contributed by atoms with Gasteiger partial charge in [-0.15, -0.1) is 0 Å². The fourth-order valence-electron chi connectivity index (χ4n) is 10.3. The molecule has 1 N–H and O–H groups in total. The van der Waals surface area contributed by atoms with Crippen LogP contribution in [-0.4, -0.2) is 10.7 Å². The molecule has 0 saturated heterocycles. The summed E-state index contributed by atoms with van der Waals surface area (Å²) in [6.45, 7) is 10.6. The molecular weight excluding hydrogens is 316 g/mol. The van der Waals surface area contributed by atoms with E-state index in [9.17, 15) is 5.11 Å². The Morgan fingerprint density at radius 1 is 0.615 bits per heavy atom. The van der Waals surface area contributed by atoms with Crippen molar-refractivity contribution in [2.45, 2.75) is 110 Å². The lowest BCUT2D eigenvalue weighted by Crippen LogP contribution is -2.61. The Morgan fingerprint density at radius 3 is 2.23 bits per heavy atom. The molecule has 8 atom stereocenters. The molecule has 8 unspecified atom stereocenters. The molecule has 0 aromatic carbocycles. The minimum atomic E-state index is -0.279. The molecule has 0 aromatic heterocycles. The molecule has 1 nitrogen and oxygen atoms in total. The molecule has 0 spiro atoms. The number of aliphatic hydroxyl groups is 1. The zero-order valence-electron chi connectivity index (χ0n) is 17.8. The van der Waals surface area contributed by atoms with Gasteiger partial charge in [0.25, 0.3) is 0 Å². The van der Waals surface area contributed by atoms with Crippen LogP contribution >= 0.6 is 0 Å². The summed E-state index contributed by atoms with van der Waals surface area (Å²) in [6.07, 6.45) is 16.3. The maximum Gasteiger partial charge on any atom is 0.0678 e. The quantitative estimate of drug-likeness (QED) is 0.518. The largest absolute Gasteiger partial charge is 0.390 e. The zero-order valence-corrected chi connectivity index (χ0v) is 17.8. The Labute approximate surface area is 161 Å². The van der Waals surface area contributed by atoms with Gasteiger partial charge in [0.15, 0.2) is 0 Å². The molecule has 5 saturated carbocycles. The third kappa shape index (κ3) is 2.19. The van der Waals surface area contributed by atoms with Crippen molar-refractivity contribution >= 4 is 0 Å². The monoisotopic (exact) mass is 358 g/mol. The van der Waals surface area contributed by atoms with Gasteiger partial charge >= 0.3 is 0 Å². The second kappa shape index (κ2) is 5.52. The standard InChI is InChI=1S/C25H42O/c1-22(2)12-6-13-24(4)20(22)11-15-23(3)18-10-16-25(26)14-5-7-19(25)17(18)8-9-21(23)24/h17-21,26H,5-16H2,1-4H3. The Bertz CT molecular complexity index is 581. The van der Waals surface area contributed by atoms with Crippen molar-refractivity contribution in [3.8, 4) is 0 Å². The smallest absolute Gasteiger partial charge is 0.0678 e. The van der Waals surface area contributed by atoms with Gasteiger partial charge in [-0.05, 0) is 110 Å². The van der Waals surface area contributed by atoms with Crippen LogP contribution < -0.4 is 0 Å². The number of fused-ring (bicyclic) bond motifs is 7. The van der Waals surface area contributed by atoms with Crippen molar-refractivity contribution in [3.63, 3.8) is 0 Å². The summed E-state index contributed by atoms with van der Waals surface area (Å²) < 4.78 is 0. The van der Waals surface area contributed by atoms with E-state index in [1.54, 1.807) is 0 Å². The fraction of sp³-hybridized carbons (Fsp3) is 1.00. The molecule has 5 aliphatic carbocycles. The molecule has 0 radical (unpaired) electrons. The third-order valence-corrected chi connectivity index (χ3v) is 11.2. The first-order chi connectivity index (χ1) is 12.2. The third-order valence-electron chi connectivity index (χ3n) is 11.2. The lowest BCUT2D eigenvalue weighted by molar-refractivity contribution is -0.203. The Morgan fingerprint density at radius 2 is 1.42 bits per heavy atom. The summed E-state index contributed by atoms with van der Waals surface area (Å²) in [4.78, 5) is 0. The van der Waals surface area contributed by atoms with Crippen molar-refractivity contribution in [2.24, 2.45) is 45.8 Å². The van der Waals surface area contributed by atoms with Crippen LogP contribution in [0.4, 0.5) is 0 Å². The second-order valence-electron chi connectivity index (χ2n) is 12.5. The summed E-state index contributed by atoms with van der Waals surface area (Å²) >= 11 is 0. The minimum absolute atomic E-state index is 0.279. The van der Waals surface area contributed by atoms with Gasteiger partial charge in [-0.25, -0.2) is 0 Å². The molecule has 0 amide bonds. The van der Waals surface area contributed by atoms with E-state index in [4.69, 9.17) is 0 Å². The molecule has 0 aromatic rings. The van der Waals surface area contributed by atoms with Crippen LogP contribution in [-0.2, 0) is 0 Å². The van der Waals surface area contributed by atoms with Gasteiger partial charge < -0.3 is 5.11 Å². The molecule has 0 bridgehead atoms. The van der Waals surface area contributed by atoms with Crippen molar-refractivity contribution < 1.29 is 5.11 Å². The first kappa shape index (κ1) is 18.0. The molecule has 26 heavy (non-hydrogen) atoms. The summed E-state index contributed by atoms with van der Waals surface area (Å²) in [7, 11) is 0. The van der Waals surface area contributed by atoms with Crippen LogP contribution in [0.25, 0.3) is 0 Å². The van der Waals surface area contributed by atoms with Crippen molar-refractivity contribution in [3.05, 3.63) is 0 Å². The van der Waals surface area contributed by atoms with Gasteiger partial charge in [0.2, 0.25) is 0 Å². The van der Waals surface area contributed by atoms with Gasteiger partial charge in [0, 0.05) is 0 Å². The first-order valence-corrected chi connectivity index (χ1v) is 11.9. The maximum absolute atomic E-state index is 11.2. The van der Waals surface area contributed by atoms with Gasteiger partial charge in [-0.3, -0.25) is 0 Å². The predicted molar refractivity (Wildman–Crippen MR) is 108 cm³/mol. The first-order valence-electron chi connectivity index (χ1n) is 11.9. The van der Waals surface area contributed by atoms with E-state index in [1.165, 1.54) is 64.2 Å². The summed E-state index contributed by atoms with van der Waals surface area (Å²) in [5.41, 5.74) is 1.39. The number of hydrogen-bond acceptors (Lipinski definition) is 1. The van der Waals surface area contributed by atoms with Crippen LogP contribution in [0.5, 0.6) is 0 Å². The van der Waals surface area contributed by atoms with Crippen LogP contribution in [0.3, 0.4) is 0 Å². The molecule has 5 aliphatic rings. The van der Waals surface area contributed by atoms with E-state index in [2.05, 4.69) is 27.7 Å². The van der Waals surface area contributed by atoms with Crippen LogP contribution in [0.15, 0.2) is 0 Å². The highest BCUT2D eigenvalue weighted by Crippen LogP contribution is 2.71. The molecule has 5 fully saturated rings. The van der Waals surface area contributed by atoms with Crippen LogP contribution in [0, 0.1) is 45.8 Å². The fourth-order valence-corrected chi connectivity index (χ4v) is 10.3. The Kier molecular flexibility index (Phi) is 3.82. The summed E-state index contributed by atoms with van der Waals surface area (Å²) in [5.74, 6) is 4.22. The van der Waals surface area contributed by atoms with Gasteiger partial charge in [0.1, 0.15) is 0 Å². The Balaban J connectivity index is 1.49. The molecule has 1 heteroatoms. The predicted octanol–water partition coefficient (Wildman–Crippen LogP) is 6.59. The van der Waals surface area contributed by atoms with E-state index >= 15 is 0 Å². The van der Waals surface area contributed by atoms with Gasteiger partial charge in [-0.2, -0.15) is 0 Å².